The molecule has 0 amide bonds. The van der Waals surface area contributed by atoms with E-state index in [9.17, 15) is 0 Å². The number of ether oxygens (including phenoxy) is 2. The molecule has 0 bridgehead atoms. The van der Waals surface area contributed by atoms with Crippen molar-refractivity contribution in [1.29, 1.82) is 0 Å². The van der Waals surface area contributed by atoms with Gasteiger partial charge in [0.2, 0.25) is 0 Å². The minimum absolute atomic E-state index is 0.00472. The van der Waals surface area contributed by atoms with Gasteiger partial charge in [0.15, 0.2) is 8.32 Å². The van der Waals surface area contributed by atoms with E-state index in [0.29, 0.717) is 6.61 Å². The molecule has 4 heteroatoms. The van der Waals surface area contributed by atoms with Gasteiger partial charge in [-0.15, -0.1) is 0 Å². The van der Waals surface area contributed by atoms with Crippen molar-refractivity contribution >= 4 is 8.32 Å². The minimum atomic E-state index is -1.88. The number of hydrogen-bond acceptors (Lipinski definition) is 3. The second-order valence-electron chi connectivity index (χ2n) is 7.77. The summed E-state index contributed by atoms with van der Waals surface area (Å²) < 4.78 is 18.4. The summed E-state index contributed by atoms with van der Waals surface area (Å²) in [6, 6.07) is 10.2. The first kappa shape index (κ1) is 18.2. The van der Waals surface area contributed by atoms with E-state index in [1.165, 1.54) is 5.56 Å². The smallest absolute Gasteiger partial charge is 0.192 e. The van der Waals surface area contributed by atoms with E-state index < -0.39 is 8.32 Å². The van der Waals surface area contributed by atoms with Crippen LogP contribution in [0.1, 0.15) is 33.3 Å². The molecule has 3 atom stereocenters. The zero-order chi connectivity index (χ0) is 17.1. The van der Waals surface area contributed by atoms with Gasteiger partial charge in [0.05, 0.1) is 12.9 Å². The maximum atomic E-state index is 6.59. The molecular formula is C19H30O3Si. The van der Waals surface area contributed by atoms with Crippen LogP contribution in [0.4, 0.5) is 0 Å². The molecule has 128 valence electrons. The van der Waals surface area contributed by atoms with Gasteiger partial charge < -0.3 is 13.9 Å². The van der Waals surface area contributed by atoms with Crippen LogP contribution < -0.4 is 0 Å². The molecule has 1 heterocycles. The van der Waals surface area contributed by atoms with E-state index in [1.54, 1.807) is 6.26 Å². The van der Waals surface area contributed by atoms with Gasteiger partial charge in [0.1, 0.15) is 18.3 Å². The van der Waals surface area contributed by atoms with Crippen molar-refractivity contribution in [3.63, 3.8) is 0 Å². The van der Waals surface area contributed by atoms with Crippen LogP contribution in [0, 0.1) is 0 Å². The Bertz CT molecular complexity index is 519. The Morgan fingerprint density at radius 3 is 2.39 bits per heavy atom. The van der Waals surface area contributed by atoms with Crippen molar-refractivity contribution in [3.05, 3.63) is 48.2 Å². The Morgan fingerprint density at radius 1 is 1.13 bits per heavy atom. The molecule has 0 aliphatic carbocycles. The second-order valence-corrected chi connectivity index (χ2v) is 12.5. The Kier molecular flexibility index (Phi) is 5.71. The summed E-state index contributed by atoms with van der Waals surface area (Å²) in [5.41, 5.74) is 1.17. The largest absolute Gasteiger partial charge is 0.496 e. The normalized spacial score (nSPS) is 25.2. The maximum absolute atomic E-state index is 6.59. The first-order chi connectivity index (χ1) is 10.7. The Hall–Kier alpha value is -1.10. The molecule has 0 unspecified atom stereocenters. The van der Waals surface area contributed by atoms with Crippen LogP contribution in [-0.4, -0.2) is 26.6 Å². The predicted molar refractivity (Wildman–Crippen MR) is 96.8 cm³/mol. The fourth-order valence-corrected chi connectivity index (χ4v) is 3.66. The lowest BCUT2D eigenvalue weighted by Crippen LogP contribution is -2.52. The molecule has 23 heavy (non-hydrogen) atoms. The summed E-state index contributed by atoms with van der Waals surface area (Å²) >= 11 is 0. The van der Waals surface area contributed by atoms with Crippen molar-refractivity contribution < 1.29 is 13.9 Å². The molecule has 0 spiro atoms. The lowest BCUT2D eigenvalue weighted by Gasteiger charge is -2.43. The quantitative estimate of drug-likeness (QED) is 0.717. The Labute approximate surface area is 141 Å². The first-order valence-electron chi connectivity index (χ1n) is 8.36. The van der Waals surface area contributed by atoms with E-state index in [2.05, 4.69) is 52.9 Å². The van der Waals surface area contributed by atoms with Crippen molar-refractivity contribution in [1.82, 2.24) is 0 Å². The number of rotatable bonds is 5. The monoisotopic (exact) mass is 334 g/mol. The third-order valence-electron chi connectivity index (χ3n) is 4.87. The summed E-state index contributed by atoms with van der Waals surface area (Å²) in [7, 11) is -1.88. The summed E-state index contributed by atoms with van der Waals surface area (Å²) in [4.78, 5) is 0. The average Bonchev–Trinajstić information content (AvgIpc) is 2.48. The van der Waals surface area contributed by atoms with Gasteiger partial charge in [-0.05, 0) is 36.7 Å². The molecule has 1 aliphatic heterocycles. The average molecular weight is 335 g/mol. The highest BCUT2D eigenvalue weighted by atomic mass is 28.4. The highest BCUT2D eigenvalue weighted by Gasteiger charge is 2.43. The minimum Gasteiger partial charge on any atom is -0.496 e. The molecule has 1 aromatic rings. The molecule has 3 nitrogen and oxygen atoms in total. The third-order valence-corrected chi connectivity index (χ3v) is 9.34. The van der Waals surface area contributed by atoms with Gasteiger partial charge in [0.25, 0.3) is 0 Å². The lowest BCUT2D eigenvalue weighted by molar-refractivity contribution is -0.0803. The van der Waals surface area contributed by atoms with Gasteiger partial charge in [-0.1, -0.05) is 51.1 Å². The molecule has 1 aromatic carbocycles. The van der Waals surface area contributed by atoms with Crippen molar-refractivity contribution in [3.8, 4) is 0 Å². The van der Waals surface area contributed by atoms with E-state index in [0.717, 1.165) is 0 Å². The highest BCUT2D eigenvalue weighted by molar-refractivity contribution is 6.74. The molecule has 0 saturated heterocycles. The first-order valence-corrected chi connectivity index (χ1v) is 11.3. The third kappa shape index (κ3) is 4.69. The van der Waals surface area contributed by atoms with Gasteiger partial charge in [-0.2, -0.15) is 0 Å². The summed E-state index contributed by atoms with van der Waals surface area (Å²) in [6.45, 7) is 13.9. The van der Waals surface area contributed by atoms with Gasteiger partial charge in [0, 0.05) is 0 Å². The van der Waals surface area contributed by atoms with Crippen LogP contribution in [-0.2, 0) is 20.5 Å². The zero-order valence-corrected chi connectivity index (χ0v) is 16.2. The topological polar surface area (TPSA) is 27.7 Å². The van der Waals surface area contributed by atoms with Crippen LogP contribution in [0.2, 0.25) is 18.1 Å². The number of benzene rings is 1. The van der Waals surface area contributed by atoms with Crippen LogP contribution in [0.3, 0.4) is 0 Å². The molecule has 0 saturated carbocycles. The predicted octanol–water partition coefficient (Wildman–Crippen LogP) is 4.89. The highest BCUT2D eigenvalue weighted by Crippen LogP contribution is 2.39. The van der Waals surface area contributed by atoms with E-state index >= 15 is 0 Å². The van der Waals surface area contributed by atoms with Crippen LogP contribution in [0.5, 0.6) is 0 Å². The maximum Gasteiger partial charge on any atom is 0.192 e. The van der Waals surface area contributed by atoms with Gasteiger partial charge in [-0.3, -0.25) is 0 Å². The van der Waals surface area contributed by atoms with Crippen LogP contribution in [0.15, 0.2) is 42.7 Å². The fourth-order valence-electron chi connectivity index (χ4n) is 2.30. The summed E-state index contributed by atoms with van der Waals surface area (Å²) in [5, 5.41) is 0.165. The van der Waals surface area contributed by atoms with Crippen molar-refractivity contribution in [2.45, 2.75) is 70.7 Å². The second kappa shape index (κ2) is 7.20. The molecule has 0 aromatic heterocycles. The Balaban J connectivity index is 2.07. The van der Waals surface area contributed by atoms with E-state index in [4.69, 9.17) is 13.9 Å². The standard InChI is InChI=1S/C19H30O3Si/c1-15-18(22-23(5,6)19(2,3)4)17(12-13-20-15)21-14-16-10-8-7-9-11-16/h7-13,15,17-18H,14H2,1-6H3/t15-,17+,18-/m1/s1. The van der Waals surface area contributed by atoms with Gasteiger partial charge >= 0.3 is 0 Å². The summed E-state index contributed by atoms with van der Waals surface area (Å²) in [6.07, 6.45) is 3.57. The molecule has 0 N–H and O–H groups in total. The van der Waals surface area contributed by atoms with E-state index in [-0.39, 0.29) is 23.4 Å². The molecule has 1 aliphatic rings. The SMILES string of the molecule is C[C@H]1OC=C[C@H](OCc2ccccc2)[C@@H]1O[Si](C)(C)C(C)(C)C. The van der Waals surface area contributed by atoms with Crippen molar-refractivity contribution in [2.75, 3.05) is 0 Å². The van der Waals surface area contributed by atoms with Gasteiger partial charge in [-0.25, -0.2) is 0 Å². The molecule has 0 fully saturated rings. The number of hydrogen-bond donors (Lipinski definition) is 0. The summed E-state index contributed by atoms with van der Waals surface area (Å²) in [5.74, 6) is 0. The fraction of sp³-hybridized carbons (Fsp3) is 0.579. The van der Waals surface area contributed by atoms with Crippen LogP contribution in [0.25, 0.3) is 0 Å². The molecule has 2 rings (SSSR count). The molecule has 0 radical (unpaired) electrons. The Morgan fingerprint density at radius 2 is 1.78 bits per heavy atom. The van der Waals surface area contributed by atoms with E-state index in [1.807, 2.05) is 24.3 Å². The molecular weight excluding hydrogens is 304 g/mol. The zero-order valence-electron chi connectivity index (χ0n) is 15.2. The lowest BCUT2D eigenvalue weighted by atomic mass is 10.1. The van der Waals surface area contributed by atoms with Crippen molar-refractivity contribution in [2.24, 2.45) is 0 Å². The van der Waals surface area contributed by atoms with Crippen LogP contribution >= 0.6 is 0 Å².